The van der Waals surface area contributed by atoms with Crippen LogP contribution >= 0.6 is 0 Å². The molecule has 6 heteroatoms. The first-order valence-corrected chi connectivity index (χ1v) is 6.79. The Labute approximate surface area is 128 Å². The van der Waals surface area contributed by atoms with E-state index in [1.165, 1.54) is 6.07 Å². The average Bonchev–Trinajstić information content (AvgIpc) is 2.46. The molecule has 0 bridgehead atoms. The van der Waals surface area contributed by atoms with Crippen molar-refractivity contribution in [1.82, 2.24) is 4.98 Å². The lowest BCUT2D eigenvalue weighted by molar-refractivity contribution is -0.141. The van der Waals surface area contributed by atoms with E-state index < -0.39 is 11.9 Å². The smallest absolute Gasteiger partial charge is 0.378 e. The van der Waals surface area contributed by atoms with Crippen LogP contribution in [0.1, 0.15) is 11.3 Å². The quantitative estimate of drug-likeness (QED) is 0.856. The molecule has 0 fully saturated rings. The zero-order valence-corrected chi connectivity index (χ0v) is 12.7. The molecule has 0 spiro atoms. The van der Waals surface area contributed by atoms with E-state index >= 15 is 0 Å². The average molecular weight is 309 g/mol. The predicted molar refractivity (Wildman–Crippen MR) is 82.1 cm³/mol. The second-order valence-electron chi connectivity index (χ2n) is 5.30. The summed E-state index contributed by atoms with van der Waals surface area (Å²) in [5.74, 6) is 0.296. The Kier molecular flexibility index (Phi) is 4.59. The minimum Gasteiger partial charge on any atom is -0.378 e. The van der Waals surface area contributed by atoms with Crippen molar-refractivity contribution < 1.29 is 13.2 Å². The van der Waals surface area contributed by atoms with Gasteiger partial charge < -0.3 is 9.80 Å². The van der Waals surface area contributed by atoms with Crippen molar-refractivity contribution in [3.05, 3.63) is 53.7 Å². The van der Waals surface area contributed by atoms with Crippen molar-refractivity contribution in [3.8, 4) is 0 Å². The van der Waals surface area contributed by atoms with E-state index in [4.69, 9.17) is 0 Å². The number of hydrogen-bond donors (Lipinski definition) is 0. The second kappa shape index (κ2) is 6.25. The molecule has 0 aliphatic rings. The summed E-state index contributed by atoms with van der Waals surface area (Å²) in [6.07, 6.45) is -4.43. The fourth-order valence-electron chi connectivity index (χ4n) is 2.08. The van der Waals surface area contributed by atoms with Crippen LogP contribution in [0.5, 0.6) is 0 Å². The highest BCUT2D eigenvalue weighted by Crippen LogP contribution is 2.29. The van der Waals surface area contributed by atoms with E-state index in [-0.39, 0.29) is 0 Å². The van der Waals surface area contributed by atoms with Crippen molar-refractivity contribution in [3.63, 3.8) is 0 Å². The summed E-state index contributed by atoms with van der Waals surface area (Å²) in [7, 11) is 5.61. The van der Waals surface area contributed by atoms with Crippen molar-refractivity contribution in [2.45, 2.75) is 12.7 Å². The first kappa shape index (κ1) is 16.1. The Morgan fingerprint density at radius 3 is 2.32 bits per heavy atom. The largest absolute Gasteiger partial charge is 0.433 e. The summed E-state index contributed by atoms with van der Waals surface area (Å²) in [5.41, 5.74) is 1.18. The molecule has 0 saturated heterocycles. The van der Waals surface area contributed by atoms with Crippen LogP contribution in [0, 0.1) is 0 Å². The predicted octanol–water partition coefficient (Wildman–Crippen LogP) is 3.80. The molecular formula is C16H18F3N3. The second-order valence-corrected chi connectivity index (χ2v) is 5.30. The molecule has 0 aliphatic carbocycles. The van der Waals surface area contributed by atoms with Gasteiger partial charge in [0.2, 0.25) is 0 Å². The standard InChI is InChI=1S/C16H18F3N3/c1-21(2)13-7-4-6-12(10-13)11-22(3)15-9-5-8-14(20-15)16(17,18)19/h4-10H,11H2,1-3H3. The van der Waals surface area contributed by atoms with Gasteiger partial charge in [0.1, 0.15) is 11.5 Å². The minimum absolute atomic E-state index is 0.296. The van der Waals surface area contributed by atoms with E-state index in [1.54, 1.807) is 18.0 Å². The van der Waals surface area contributed by atoms with Crippen LogP contribution in [0.25, 0.3) is 0 Å². The molecule has 118 valence electrons. The molecular weight excluding hydrogens is 291 g/mol. The molecule has 0 atom stereocenters. The zero-order valence-electron chi connectivity index (χ0n) is 12.7. The molecule has 22 heavy (non-hydrogen) atoms. The number of rotatable bonds is 4. The van der Waals surface area contributed by atoms with Gasteiger partial charge in [-0.2, -0.15) is 13.2 Å². The molecule has 0 aliphatic heterocycles. The molecule has 1 aromatic heterocycles. The third-order valence-corrected chi connectivity index (χ3v) is 3.26. The van der Waals surface area contributed by atoms with Crippen LogP contribution in [0.3, 0.4) is 0 Å². The van der Waals surface area contributed by atoms with Gasteiger partial charge in [-0.25, -0.2) is 4.98 Å². The molecule has 0 unspecified atom stereocenters. The molecule has 0 radical (unpaired) electrons. The van der Waals surface area contributed by atoms with Crippen LogP contribution in [-0.2, 0) is 12.7 Å². The van der Waals surface area contributed by atoms with Gasteiger partial charge in [0.05, 0.1) is 0 Å². The summed E-state index contributed by atoms with van der Waals surface area (Å²) in [5, 5.41) is 0. The number of pyridine rings is 1. The fraction of sp³-hybridized carbons (Fsp3) is 0.312. The molecule has 1 aromatic carbocycles. The highest BCUT2D eigenvalue weighted by atomic mass is 19.4. The molecule has 0 amide bonds. The van der Waals surface area contributed by atoms with Crippen LogP contribution in [-0.4, -0.2) is 26.1 Å². The Balaban J connectivity index is 2.19. The molecule has 0 saturated carbocycles. The lowest BCUT2D eigenvalue weighted by atomic mass is 10.2. The van der Waals surface area contributed by atoms with Crippen LogP contribution < -0.4 is 9.80 Å². The van der Waals surface area contributed by atoms with Gasteiger partial charge in [0, 0.05) is 33.4 Å². The van der Waals surface area contributed by atoms with Crippen molar-refractivity contribution in [2.24, 2.45) is 0 Å². The Bertz CT molecular complexity index is 639. The van der Waals surface area contributed by atoms with E-state index in [0.717, 1.165) is 17.3 Å². The number of nitrogens with zero attached hydrogens (tertiary/aromatic N) is 3. The van der Waals surface area contributed by atoms with E-state index in [1.807, 2.05) is 43.3 Å². The monoisotopic (exact) mass is 309 g/mol. The van der Waals surface area contributed by atoms with Gasteiger partial charge in [0.25, 0.3) is 0 Å². The first-order chi connectivity index (χ1) is 10.3. The summed E-state index contributed by atoms with van der Waals surface area (Å²) in [4.78, 5) is 7.36. The van der Waals surface area contributed by atoms with Crippen molar-refractivity contribution >= 4 is 11.5 Å². The summed E-state index contributed by atoms with van der Waals surface area (Å²) in [6.45, 7) is 0.482. The van der Waals surface area contributed by atoms with Crippen molar-refractivity contribution in [2.75, 3.05) is 30.9 Å². The fourth-order valence-corrected chi connectivity index (χ4v) is 2.08. The molecule has 3 nitrogen and oxygen atoms in total. The maximum absolute atomic E-state index is 12.7. The van der Waals surface area contributed by atoms with Gasteiger partial charge in [-0.3, -0.25) is 0 Å². The third-order valence-electron chi connectivity index (χ3n) is 3.26. The van der Waals surface area contributed by atoms with Gasteiger partial charge in [-0.15, -0.1) is 0 Å². The summed E-state index contributed by atoms with van der Waals surface area (Å²) >= 11 is 0. The zero-order chi connectivity index (χ0) is 16.3. The van der Waals surface area contributed by atoms with E-state index in [2.05, 4.69) is 4.98 Å². The molecule has 2 aromatic rings. The molecule has 0 N–H and O–H groups in total. The lowest BCUT2D eigenvalue weighted by Crippen LogP contribution is -2.20. The van der Waals surface area contributed by atoms with Crippen molar-refractivity contribution in [1.29, 1.82) is 0 Å². The lowest BCUT2D eigenvalue weighted by Gasteiger charge is -2.20. The van der Waals surface area contributed by atoms with Gasteiger partial charge >= 0.3 is 6.18 Å². The highest BCUT2D eigenvalue weighted by Gasteiger charge is 2.32. The van der Waals surface area contributed by atoms with E-state index in [0.29, 0.717) is 12.4 Å². The highest BCUT2D eigenvalue weighted by molar-refractivity contribution is 5.48. The Hall–Kier alpha value is -2.24. The van der Waals surface area contributed by atoms with Crippen LogP contribution in [0.15, 0.2) is 42.5 Å². The number of halogens is 3. The number of anilines is 2. The number of hydrogen-bond acceptors (Lipinski definition) is 3. The van der Waals surface area contributed by atoms with Crippen LogP contribution in [0.4, 0.5) is 24.7 Å². The van der Waals surface area contributed by atoms with Gasteiger partial charge in [-0.1, -0.05) is 18.2 Å². The van der Waals surface area contributed by atoms with Crippen LogP contribution in [0.2, 0.25) is 0 Å². The first-order valence-electron chi connectivity index (χ1n) is 6.79. The van der Waals surface area contributed by atoms with E-state index in [9.17, 15) is 13.2 Å². The normalized spacial score (nSPS) is 11.4. The summed E-state index contributed by atoms with van der Waals surface area (Å²) in [6, 6.07) is 11.8. The van der Waals surface area contributed by atoms with Gasteiger partial charge in [0.15, 0.2) is 0 Å². The third kappa shape index (κ3) is 3.90. The maximum Gasteiger partial charge on any atom is 0.433 e. The topological polar surface area (TPSA) is 19.4 Å². The Morgan fingerprint density at radius 2 is 1.68 bits per heavy atom. The maximum atomic E-state index is 12.7. The Morgan fingerprint density at radius 1 is 1.00 bits per heavy atom. The molecule has 1 heterocycles. The minimum atomic E-state index is -4.43. The number of benzene rings is 1. The summed E-state index contributed by atoms with van der Waals surface area (Å²) < 4.78 is 38.1. The number of alkyl halides is 3. The number of aromatic nitrogens is 1. The SMILES string of the molecule is CN(C)c1cccc(CN(C)c2cccc(C(F)(F)F)n2)c1. The molecule has 2 rings (SSSR count). The van der Waals surface area contributed by atoms with Gasteiger partial charge in [-0.05, 0) is 29.8 Å².